The van der Waals surface area contributed by atoms with Gasteiger partial charge in [-0.3, -0.25) is 9.78 Å². The molecule has 7 nitrogen and oxygen atoms in total. The number of hydrogen-bond acceptors (Lipinski definition) is 6. The van der Waals surface area contributed by atoms with E-state index in [1.54, 1.807) is 31.6 Å². The van der Waals surface area contributed by atoms with Crippen molar-refractivity contribution in [2.24, 2.45) is 5.92 Å². The highest BCUT2D eigenvalue weighted by molar-refractivity contribution is 5.93. The Morgan fingerprint density at radius 3 is 2.69 bits per heavy atom. The zero-order valence-electron chi connectivity index (χ0n) is 16.3. The Morgan fingerprint density at radius 1 is 1.10 bits per heavy atom. The molecule has 0 aliphatic carbocycles. The second kappa shape index (κ2) is 8.68. The van der Waals surface area contributed by atoms with Gasteiger partial charge in [0.2, 0.25) is 5.91 Å². The highest BCUT2D eigenvalue weighted by Crippen LogP contribution is 2.29. The van der Waals surface area contributed by atoms with Crippen LogP contribution in [0.4, 0.5) is 11.5 Å². The monoisotopic (exact) mass is 389 g/mol. The van der Waals surface area contributed by atoms with E-state index in [0.717, 1.165) is 47.9 Å². The average molecular weight is 389 g/mol. The van der Waals surface area contributed by atoms with Crippen molar-refractivity contribution in [1.29, 1.82) is 0 Å². The van der Waals surface area contributed by atoms with E-state index < -0.39 is 0 Å². The quantitative estimate of drug-likeness (QED) is 0.720. The molecule has 0 spiro atoms. The van der Waals surface area contributed by atoms with E-state index in [1.807, 2.05) is 36.4 Å². The normalized spacial score (nSPS) is 16.3. The number of carbonyl (C=O) groups is 1. The van der Waals surface area contributed by atoms with Gasteiger partial charge in [-0.05, 0) is 49.2 Å². The lowest BCUT2D eigenvalue weighted by Gasteiger charge is -2.32. The topological polar surface area (TPSA) is 80.2 Å². The third-order valence-corrected chi connectivity index (χ3v) is 5.10. The fourth-order valence-electron chi connectivity index (χ4n) is 3.57. The first-order valence-electron chi connectivity index (χ1n) is 9.67. The number of nitrogens with one attached hydrogen (secondary N) is 1. The van der Waals surface area contributed by atoms with Gasteiger partial charge < -0.3 is 15.0 Å². The molecule has 148 valence electrons. The van der Waals surface area contributed by atoms with E-state index in [4.69, 9.17) is 4.74 Å². The van der Waals surface area contributed by atoms with Crippen molar-refractivity contribution >= 4 is 17.4 Å². The first kappa shape index (κ1) is 18.9. The number of para-hydroxylation sites is 1. The van der Waals surface area contributed by atoms with Gasteiger partial charge in [-0.2, -0.15) is 0 Å². The van der Waals surface area contributed by atoms with Crippen LogP contribution in [-0.2, 0) is 4.79 Å². The van der Waals surface area contributed by atoms with Crippen LogP contribution in [0, 0.1) is 5.92 Å². The predicted molar refractivity (Wildman–Crippen MR) is 112 cm³/mol. The summed E-state index contributed by atoms with van der Waals surface area (Å²) in [5, 5.41) is 11.8. The van der Waals surface area contributed by atoms with E-state index in [2.05, 4.69) is 25.4 Å². The van der Waals surface area contributed by atoms with Gasteiger partial charge in [-0.1, -0.05) is 12.1 Å². The fraction of sp³-hybridized carbons (Fsp3) is 0.273. The Hall–Kier alpha value is -3.48. The lowest BCUT2D eigenvalue weighted by atomic mass is 9.97. The molecule has 1 N–H and O–H groups in total. The molecule has 1 fully saturated rings. The molecule has 1 unspecified atom stereocenters. The van der Waals surface area contributed by atoms with Crippen molar-refractivity contribution in [1.82, 2.24) is 15.2 Å². The Balaban J connectivity index is 1.45. The minimum Gasteiger partial charge on any atom is -0.496 e. The molecular formula is C22H23N5O2. The highest BCUT2D eigenvalue weighted by Gasteiger charge is 2.27. The van der Waals surface area contributed by atoms with Gasteiger partial charge in [0.05, 0.1) is 18.7 Å². The van der Waals surface area contributed by atoms with Crippen LogP contribution >= 0.6 is 0 Å². The number of rotatable bonds is 5. The van der Waals surface area contributed by atoms with Crippen molar-refractivity contribution in [2.45, 2.75) is 12.8 Å². The van der Waals surface area contributed by atoms with Crippen molar-refractivity contribution < 1.29 is 9.53 Å². The summed E-state index contributed by atoms with van der Waals surface area (Å²) in [7, 11) is 1.64. The Bertz CT molecular complexity index is 962. The molecule has 1 aliphatic heterocycles. The Labute approximate surface area is 169 Å². The minimum atomic E-state index is -0.0902. The van der Waals surface area contributed by atoms with E-state index >= 15 is 0 Å². The number of piperidine rings is 1. The number of benzene rings is 1. The predicted octanol–water partition coefficient (Wildman–Crippen LogP) is 3.40. The number of hydrogen-bond donors (Lipinski definition) is 1. The van der Waals surface area contributed by atoms with E-state index in [0.29, 0.717) is 6.54 Å². The Morgan fingerprint density at radius 2 is 1.93 bits per heavy atom. The highest BCUT2D eigenvalue weighted by atomic mass is 16.5. The number of anilines is 2. The van der Waals surface area contributed by atoms with Crippen LogP contribution < -0.4 is 15.0 Å². The molecule has 1 saturated heterocycles. The second-order valence-corrected chi connectivity index (χ2v) is 6.99. The summed E-state index contributed by atoms with van der Waals surface area (Å²) >= 11 is 0. The van der Waals surface area contributed by atoms with Gasteiger partial charge in [0.1, 0.15) is 5.75 Å². The summed E-state index contributed by atoms with van der Waals surface area (Å²) in [6, 6.07) is 15.2. The summed E-state index contributed by atoms with van der Waals surface area (Å²) in [4.78, 5) is 18.7. The SMILES string of the molecule is COc1ccccc1-c1ccc(N2CCCC(C(=O)Nc3ccncc3)C2)nn1. The molecular weight excluding hydrogens is 366 g/mol. The zero-order chi connectivity index (χ0) is 20.1. The molecule has 0 bridgehead atoms. The number of aromatic nitrogens is 3. The summed E-state index contributed by atoms with van der Waals surface area (Å²) in [5.74, 6) is 1.48. The number of methoxy groups -OCH3 is 1. The molecule has 7 heteroatoms. The van der Waals surface area contributed by atoms with Gasteiger partial charge in [-0.15, -0.1) is 10.2 Å². The third-order valence-electron chi connectivity index (χ3n) is 5.10. The zero-order valence-corrected chi connectivity index (χ0v) is 16.3. The van der Waals surface area contributed by atoms with E-state index in [1.165, 1.54) is 0 Å². The molecule has 4 rings (SSSR count). The first-order valence-corrected chi connectivity index (χ1v) is 9.67. The van der Waals surface area contributed by atoms with Crippen molar-refractivity contribution in [3.05, 3.63) is 60.9 Å². The van der Waals surface area contributed by atoms with Gasteiger partial charge in [-0.25, -0.2) is 0 Å². The summed E-state index contributed by atoms with van der Waals surface area (Å²) < 4.78 is 5.41. The number of pyridine rings is 1. The molecule has 29 heavy (non-hydrogen) atoms. The summed E-state index contributed by atoms with van der Waals surface area (Å²) in [6.45, 7) is 1.49. The van der Waals surface area contributed by atoms with Crippen molar-refractivity contribution in [2.75, 3.05) is 30.4 Å². The standard InChI is InChI=1S/C22H23N5O2/c1-29-20-7-3-2-6-18(20)19-8-9-21(26-25-19)27-14-4-5-16(15-27)22(28)24-17-10-12-23-13-11-17/h2-3,6-13,16H,4-5,14-15H2,1H3,(H,23,24,28). The molecule has 1 amide bonds. The number of nitrogens with zero attached hydrogens (tertiary/aromatic N) is 4. The van der Waals surface area contributed by atoms with Crippen LogP contribution in [-0.4, -0.2) is 41.3 Å². The first-order chi connectivity index (χ1) is 14.2. The Kier molecular flexibility index (Phi) is 5.65. The third kappa shape index (κ3) is 4.34. The largest absolute Gasteiger partial charge is 0.496 e. The maximum Gasteiger partial charge on any atom is 0.229 e. The van der Waals surface area contributed by atoms with Gasteiger partial charge >= 0.3 is 0 Å². The fourth-order valence-corrected chi connectivity index (χ4v) is 3.57. The molecule has 0 saturated carbocycles. The minimum absolute atomic E-state index is 0.0273. The molecule has 3 heterocycles. The van der Waals surface area contributed by atoms with Crippen LogP contribution in [0.2, 0.25) is 0 Å². The van der Waals surface area contributed by atoms with Crippen LogP contribution in [0.5, 0.6) is 5.75 Å². The molecule has 1 atom stereocenters. The summed E-state index contributed by atoms with van der Waals surface area (Å²) in [5.41, 5.74) is 2.43. The van der Waals surface area contributed by atoms with Crippen LogP contribution in [0.15, 0.2) is 60.9 Å². The summed E-state index contributed by atoms with van der Waals surface area (Å²) in [6.07, 6.45) is 5.13. The average Bonchev–Trinajstić information content (AvgIpc) is 2.80. The number of ether oxygens (including phenoxy) is 1. The second-order valence-electron chi connectivity index (χ2n) is 6.99. The lowest BCUT2D eigenvalue weighted by Crippen LogP contribution is -2.41. The smallest absolute Gasteiger partial charge is 0.229 e. The molecule has 3 aromatic rings. The number of carbonyl (C=O) groups excluding carboxylic acids is 1. The van der Waals surface area contributed by atoms with Gasteiger partial charge in [0.25, 0.3) is 0 Å². The van der Waals surface area contributed by atoms with Gasteiger partial charge in [0.15, 0.2) is 5.82 Å². The van der Waals surface area contributed by atoms with Gasteiger partial charge in [0, 0.05) is 36.7 Å². The maximum absolute atomic E-state index is 12.6. The van der Waals surface area contributed by atoms with Crippen molar-refractivity contribution in [3.8, 4) is 17.0 Å². The van der Waals surface area contributed by atoms with Crippen LogP contribution in [0.3, 0.4) is 0 Å². The van der Waals surface area contributed by atoms with E-state index in [-0.39, 0.29) is 11.8 Å². The number of amides is 1. The van der Waals surface area contributed by atoms with Crippen LogP contribution in [0.1, 0.15) is 12.8 Å². The molecule has 0 radical (unpaired) electrons. The molecule has 1 aromatic carbocycles. The lowest BCUT2D eigenvalue weighted by molar-refractivity contribution is -0.120. The van der Waals surface area contributed by atoms with Crippen molar-refractivity contribution in [3.63, 3.8) is 0 Å². The van der Waals surface area contributed by atoms with Crippen LogP contribution in [0.25, 0.3) is 11.3 Å². The molecule has 1 aliphatic rings. The maximum atomic E-state index is 12.6. The molecule has 2 aromatic heterocycles. The van der Waals surface area contributed by atoms with E-state index in [9.17, 15) is 4.79 Å².